The van der Waals surface area contributed by atoms with Crippen LogP contribution in [0.5, 0.6) is 5.75 Å². The Bertz CT molecular complexity index is 856. The molecule has 0 fully saturated rings. The fourth-order valence-corrected chi connectivity index (χ4v) is 2.31. The van der Waals surface area contributed by atoms with E-state index in [2.05, 4.69) is 5.32 Å². The minimum absolute atomic E-state index is 0.268. The zero-order valence-corrected chi connectivity index (χ0v) is 14.0. The zero-order chi connectivity index (χ0) is 19.5. The van der Waals surface area contributed by atoms with Crippen molar-refractivity contribution >= 4 is 28.9 Å². The highest BCUT2D eigenvalue weighted by Crippen LogP contribution is 2.38. The van der Waals surface area contributed by atoms with E-state index >= 15 is 0 Å². The van der Waals surface area contributed by atoms with Crippen LogP contribution in [0.15, 0.2) is 36.4 Å². The van der Waals surface area contributed by atoms with Crippen molar-refractivity contribution in [2.75, 3.05) is 11.9 Å². The highest BCUT2D eigenvalue weighted by Gasteiger charge is 2.36. The molecule has 0 heterocycles. The first-order valence-electron chi connectivity index (χ1n) is 7.12. The number of non-ortho nitro benzene ring substituents is 1. The number of nitrogens with zero attached hydrogens (tertiary/aromatic N) is 1. The van der Waals surface area contributed by atoms with Crippen LogP contribution < -0.4 is 10.1 Å². The van der Waals surface area contributed by atoms with E-state index in [9.17, 15) is 28.1 Å². The summed E-state index contributed by atoms with van der Waals surface area (Å²) >= 11 is 5.95. The maximum absolute atomic E-state index is 13.0. The predicted molar refractivity (Wildman–Crippen MR) is 88.4 cm³/mol. The van der Waals surface area contributed by atoms with Gasteiger partial charge in [0.2, 0.25) is 0 Å². The van der Waals surface area contributed by atoms with E-state index in [-0.39, 0.29) is 10.7 Å². The lowest BCUT2D eigenvalue weighted by Gasteiger charge is -2.14. The SMILES string of the molecule is Cc1ccc(NC(=O)COc2ccc([N+](=O)[O-])cc2C(F)(F)F)c(Cl)c1. The molecule has 2 aromatic carbocycles. The number of ether oxygens (including phenoxy) is 1. The summed E-state index contributed by atoms with van der Waals surface area (Å²) in [4.78, 5) is 21.6. The van der Waals surface area contributed by atoms with Crippen molar-refractivity contribution in [3.63, 3.8) is 0 Å². The molecule has 1 N–H and O–H groups in total. The van der Waals surface area contributed by atoms with Crippen LogP contribution in [-0.2, 0) is 11.0 Å². The van der Waals surface area contributed by atoms with Gasteiger partial charge in [0.25, 0.3) is 11.6 Å². The third-order valence-corrected chi connectivity index (χ3v) is 3.55. The van der Waals surface area contributed by atoms with E-state index in [1.165, 1.54) is 0 Å². The highest BCUT2D eigenvalue weighted by molar-refractivity contribution is 6.33. The van der Waals surface area contributed by atoms with Crippen LogP contribution in [0.25, 0.3) is 0 Å². The van der Waals surface area contributed by atoms with Crippen molar-refractivity contribution in [2.24, 2.45) is 0 Å². The molecular weight excluding hydrogens is 377 g/mol. The van der Waals surface area contributed by atoms with Gasteiger partial charge in [0.1, 0.15) is 11.3 Å². The molecule has 138 valence electrons. The third-order valence-electron chi connectivity index (χ3n) is 3.24. The summed E-state index contributed by atoms with van der Waals surface area (Å²) in [7, 11) is 0. The minimum atomic E-state index is -4.88. The Kier molecular flexibility index (Phi) is 5.71. The number of carbonyl (C=O) groups is 1. The molecule has 26 heavy (non-hydrogen) atoms. The number of nitro benzene ring substituents is 1. The molecular formula is C16H12ClF3N2O4. The summed E-state index contributed by atoms with van der Waals surface area (Å²) in [6.45, 7) is 1.07. The van der Waals surface area contributed by atoms with Crippen LogP contribution in [0.3, 0.4) is 0 Å². The van der Waals surface area contributed by atoms with E-state index < -0.39 is 40.6 Å². The van der Waals surface area contributed by atoms with Gasteiger partial charge >= 0.3 is 6.18 Å². The quantitative estimate of drug-likeness (QED) is 0.600. The van der Waals surface area contributed by atoms with Crippen molar-refractivity contribution < 1.29 is 27.6 Å². The van der Waals surface area contributed by atoms with Crippen LogP contribution in [0.2, 0.25) is 5.02 Å². The van der Waals surface area contributed by atoms with Crippen LogP contribution in [0.4, 0.5) is 24.5 Å². The molecule has 0 radical (unpaired) electrons. The van der Waals surface area contributed by atoms with Crippen molar-refractivity contribution in [1.82, 2.24) is 0 Å². The number of nitrogens with one attached hydrogen (secondary N) is 1. The summed E-state index contributed by atoms with van der Waals surface area (Å²) in [5.41, 5.74) is -0.927. The van der Waals surface area contributed by atoms with Gasteiger partial charge in [0.05, 0.1) is 15.6 Å². The Labute approximate surface area is 150 Å². The lowest BCUT2D eigenvalue weighted by atomic mass is 10.1. The fraction of sp³-hybridized carbons (Fsp3) is 0.188. The van der Waals surface area contributed by atoms with E-state index in [1.54, 1.807) is 25.1 Å². The molecule has 0 aliphatic carbocycles. The second-order valence-corrected chi connectivity index (χ2v) is 5.66. The number of anilines is 1. The van der Waals surface area contributed by atoms with E-state index in [0.29, 0.717) is 6.07 Å². The fourth-order valence-electron chi connectivity index (χ4n) is 2.03. The molecule has 0 unspecified atom stereocenters. The molecule has 0 aromatic heterocycles. The second-order valence-electron chi connectivity index (χ2n) is 5.26. The largest absolute Gasteiger partial charge is 0.483 e. The number of rotatable bonds is 5. The Morgan fingerprint density at radius 2 is 1.96 bits per heavy atom. The predicted octanol–water partition coefficient (Wildman–Crippen LogP) is 4.59. The van der Waals surface area contributed by atoms with Gasteiger partial charge in [-0.15, -0.1) is 0 Å². The number of aryl methyl sites for hydroxylation is 1. The number of hydrogen-bond donors (Lipinski definition) is 1. The van der Waals surface area contributed by atoms with Crippen molar-refractivity contribution in [2.45, 2.75) is 13.1 Å². The van der Waals surface area contributed by atoms with E-state index in [4.69, 9.17) is 16.3 Å². The Morgan fingerprint density at radius 1 is 1.27 bits per heavy atom. The van der Waals surface area contributed by atoms with Crippen LogP contribution in [0.1, 0.15) is 11.1 Å². The first-order chi connectivity index (χ1) is 12.1. The van der Waals surface area contributed by atoms with Gasteiger partial charge in [-0.1, -0.05) is 17.7 Å². The number of nitro groups is 1. The molecule has 0 bridgehead atoms. The zero-order valence-electron chi connectivity index (χ0n) is 13.3. The molecule has 0 aliphatic heterocycles. The smallest absolute Gasteiger partial charge is 0.420 e. The standard InChI is InChI=1S/C16H12ClF3N2O4/c1-9-2-4-13(12(17)6-9)21-15(23)8-26-14-5-3-10(22(24)25)7-11(14)16(18,19)20/h2-7H,8H2,1H3,(H,21,23). The summed E-state index contributed by atoms with van der Waals surface area (Å²) in [5.74, 6) is -1.42. The van der Waals surface area contributed by atoms with E-state index in [1.807, 2.05) is 0 Å². The summed E-state index contributed by atoms with van der Waals surface area (Å²) in [6, 6.07) is 6.86. The van der Waals surface area contributed by atoms with Gasteiger partial charge in [-0.05, 0) is 30.7 Å². The second kappa shape index (κ2) is 7.61. The molecule has 0 atom stereocenters. The highest BCUT2D eigenvalue weighted by atomic mass is 35.5. The summed E-state index contributed by atoms with van der Waals surface area (Å²) in [5, 5.41) is 13.3. The third kappa shape index (κ3) is 4.85. The summed E-state index contributed by atoms with van der Waals surface area (Å²) < 4.78 is 44.0. The molecule has 0 spiro atoms. The number of amides is 1. The van der Waals surface area contributed by atoms with Crippen LogP contribution in [-0.4, -0.2) is 17.4 Å². The lowest BCUT2D eigenvalue weighted by molar-refractivity contribution is -0.385. The Balaban J connectivity index is 2.13. The van der Waals surface area contributed by atoms with Crippen LogP contribution in [0, 0.1) is 17.0 Å². The van der Waals surface area contributed by atoms with Gasteiger partial charge in [-0.25, -0.2) is 0 Å². The molecule has 6 nitrogen and oxygen atoms in total. The van der Waals surface area contributed by atoms with E-state index in [0.717, 1.165) is 17.7 Å². The van der Waals surface area contributed by atoms with Crippen LogP contribution >= 0.6 is 11.6 Å². The van der Waals surface area contributed by atoms with Gasteiger partial charge < -0.3 is 10.1 Å². The molecule has 0 saturated heterocycles. The molecule has 10 heteroatoms. The first-order valence-corrected chi connectivity index (χ1v) is 7.50. The first kappa shape index (κ1) is 19.5. The van der Waals surface area contributed by atoms with Crippen molar-refractivity contribution in [3.8, 4) is 5.75 Å². The number of carbonyl (C=O) groups excluding carboxylic acids is 1. The average molecular weight is 389 g/mol. The van der Waals surface area contributed by atoms with Crippen molar-refractivity contribution in [1.29, 1.82) is 0 Å². The number of hydrogen-bond acceptors (Lipinski definition) is 4. The maximum Gasteiger partial charge on any atom is 0.420 e. The van der Waals surface area contributed by atoms with Gasteiger partial charge in [-0.2, -0.15) is 13.2 Å². The maximum atomic E-state index is 13.0. The minimum Gasteiger partial charge on any atom is -0.483 e. The van der Waals surface area contributed by atoms with Crippen molar-refractivity contribution in [3.05, 3.63) is 62.7 Å². The lowest BCUT2D eigenvalue weighted by Crippen LogP contribution is -2.21. The molecule has 0 aliphatic rings. The normalized spacial score (nSPS) is 11.1. The van der Waals surface area contributed by atoms with Gasteiger partial charge in [0.15, 0.2) is 6.61 Å². The average Bonchev–Trinajstić information content (AvgIpc) is 2.54. The summed E-state index contributed by atoms with van der Waals surface area (Å²) in [6.07, 6.45) is -4.88. The number of halogens is 4. The van der Waals surface area contributed by atoms with Gasteiger partial charge in [-0.3, -0.25) is 14.9 Å². The topological polar surface area (TPSA) is 81.5 Å². The molecule has 2 aromatic rings. The molecule has 0 saturated carbocycles. The molecule has 2 rings (SSSR count). The Hall–Kier alpha value is -2.81. The molecule has 1 amide bonds. The monoisotopic (exact) mass is 388 g/mol. The number of benzene rings is 2. The van der Waals surface area contributed by atoms with Gasteiger partial charge in [0, 0.05) is 12.1 Å². The Morgan fingerprint density at radius 3 is 2.54 bits per heavy atom. The number of alkyl halides is 3.